The molecule has 23 heavy (non-hydrogen) atoms. The van der Waals surface area contributed by atoms with Crippen molar-refractivity contribution in [3.05, 3.63) is 53.6 Å². The first-order chi connectivity index (χ1) is 11.0. The molecule has 0 aliphatic carbocycles. The Kier molecular flexibility index (Phi) is 4.13. The molecular weight excluding hydrogens is 308 g/mol. The topological polar surface area (TPSA) is 63.4 Å². The quantitative estimate of drug-likeness (QED) is 0.694. The van der Waals surface area contributed by atoms with Crippen LogP contribution in [0.4, 0.5) is 11.4 Å². The van der Waals surface area contributed by atoms with Gasteiger partial charge in [0, 0.05) is 17.0 Å². The molecule has 2 aromatic carbocycles. The van der Waals surface area contributed by atoms with E-state index < -0.39 is 5.25 Å². The van der Waals surface area contributed by atoms with Gasteiger partial charge in [-0.3, -0.25) is 9.59 Å². The monoisotopic (exact) mass is 326 g/mol. The number of imide groups is 1. The zero-order valence-electron chi connectivity index (χ0n) is 13.1. The van der Waals surface area contributed by atoms with Gasteiger partial charge < -0.3 is 5.73 Å². The zero-order valence-corrected chi connectivity index (χ0v) is 13.9. The molecule has 2 aromatic rings. The van der Waals surface area contributed by atoms with Crippen LogP contribution in [0.25, 0.3) is 0 Å². The molecule has 1 heterocycles. The van der Waals surface area contributed by atoms with E-state index in [-0.39, 0.29) is 18.2 Å². The largest absolute Gasteiger partial charge is 0.398 e. The summed E-state index contributed by atoms with van der Waals surface area (Å²) in [6.07, 6.45) is 0.199. The Balaban J connectivity index is 1.85. The van der Waals surface area contributed by atoms with Crippen molar-refractivity contribution < 1.29 is 9.59 Å². The van der Waals surface area contributed by atoms with Gasteiger partial charge in [0.05, 0.1) is 10.9 Å². The molecule has 0 bridgehead atoms. The van der Waals surface area contributed by atoms with Gasteiger partial charge in [-0.2, -0.15) is 0 Å². The van der Waals surface area contributed by atoms with Gasteiger partial charge in [0.1, 0.15) is 0 Å². The molecular formula is C18H18N2O2S. The van der Waals surface area contributed by atoms with Crippen molar-refractivity contribution in [2.75, 3.05) is 10.6 Å². The van der Waals surface area contributed by atoms with Gasteiger partial charge in [0.25, 0.3) is 0 Å². The summed E-state index contributed by atoms with van der Waals surface area (Å²) in [4.78, 5) is 27.1. The number of carbonyl (C=O) groups is 2. The highest BCUT2D eigenvalue weighted by Crippen LogP contribution is 2.36. The Bertz CT molecular complexity index is 788. The fourth-order valence-corrected chi connectivity index (χ4v) is 3.67. The number of hydrogen-bond acceptors (Lipinski definition) is 4. The Morgan fingerprint density at radius 2 is 1.83 bits per heavy atom. The molecule has 1 aliphatic heterocycles. The minimum absolute atomic E-state index is 0.162. The number of carbonyl (C=O) groups excluding carboxylic acids is 2. The lowest BCUT2D eigenvalue weighted by atomic mass is 10.1. The van der Waals surface area contributed by atoms with Crippen LogP contribution in [0.2, 0.25) is 0 Å². The molecule has 0 radical (unpaired) electrons. The van der Waals surface area contributed by atoms with Crippen LogP contribution in [0.3, 0.4) is 0 Å². The van der Waals surface area contributed by atoms with Crippen molar-refractivity contribution in [1.82, 2.24) is 0 Å². The highest BCUT2D eigenvalue weighted by atomic mass is 32.2. The Labute approximate surface area is 139 Å². The summed E-state index contributed by atoms with van der Waals surface area (Å²) in [6, 6.07) is 13.0. The zero-order chi connectivity index (χ0) is 16.6. The lowest BCUT2D eigenvalue weighted by Crippen LogP contribution is -2.31. The van der Waals surface area contributed by atoms with E-state index in [9.17, 15) is 9.59 Å². The summed E-state index contributed by atoms with van der Waals surface area (Å²) in [5, 5.41) is -0.422. The Hall–Kier alpha value is -2.27. The normalized spacial score (nSPS) is 17.8. The molecule has 1 saturated heterocycles. The molecule has 1 unspecified atom stereocenters. The number of anilines is 2. The summed E-state index contributed by atoms with van der Waals surface area (Å²) in [5.74, 6) is -0.336. The fourth-order valence-electron chi connectivity index (χ4n) is 2.57. The highest BCUT2D eigenvalue weighted by molar-refractivity contribution is 8.00. The van der Waals surface area contributed by atoms with Gasteiger partial charge in [-0.1, -0.05) is 18.2 Å². The number of thioether (sulfide) groups is 1. The van der Waals surface area contributed by atoms with Gasteiger partial charge in [-0.15, -0.1) is 11.8 Å². The van der Waals surface area contributed by atoms with Crippen LogP contribution in [-0.4, -0.2) is 17.1 Å². The number of nitrogens with zero attached hydrogens (tertiary/aromatic N) is 1. The number of nitrogen functional groups attached to an aromatic ring is 1. The van der Waals surface area contributed by atoms with Crippen molar-refractivity contribution in [2.45, 2.75) is 30.4 Å². The maximum absolute atomic E-state index is 12.7. The van der Waals surface area contributed by atoms with Crippen molar-refractivity contribution >= 4 is 35.0 Å². The number of amides is 2. The van der Waals surface area contributed by atoms with E-state index in [2.05, 4.69) is 0 Å². The predicted octanol–water partition coefficient (Wildman–Crippen LogP) is 3.31. The molecule has 4 nitrogen and oxygen atoms in total. The van der Waals surface area contributed by atoms with Crippen LogP contribution in [-0.2, 0) is 9.59 Å². The third-order valence-corrected chi connectivity index (χ3v) is 5.32. The molecule has 2 N–H and O–H groups in total. The molecule has 1 aliphatic rings. The van der Waals surface area contributed by atoms with Crippen LogP contribution in [0, 0.1) is 13.8 Å². The lowest BCUT2D eigenvalue weighted by molar-refractivity contribution is -0.121. The van der Waals surface area contributed by atoms with E-state index in [1.165, 1.54) is 16.7 Å². The molecule has 1 atom stereocenters. The minimum atomic E-state index is -0.422. The molecule has 1 fully saturated rings. The minimum Gasteiger partial charge on any atom is -0.398 e. The van der Waals surface area contributed by atoms with Crippen molar-refractivity contribution in [2.24, 2.45) is 0 Å². The maximum atomic E-state index is 12.7. The van der Waals surface area contributed by atoms with E-state index in [0.717, 1.165) is 16.0 Å². The van der Waals surface area contributed by atoms with E-state index in [4.69, 9.17) is 5.73 Å². The van der Waals surface area contributed by atoms with Crippen LogP contribution < -0.4 is 10.6 Å². The predicted molar refractivity (Wildman–Crippen MR) is 93.5 cm³/mol. The van der Waals surface area contributed by atoms with Crippen LogP contribution >= 0.6 is 11.8 Å². The average Bonchev–Trinajstić information content (AvgIpc) is 2.79. The second-order valence-electron chi connectivity index (χ2n) is 5.68. The second kappa shape index (κ2) is 6.08. The van der Waals surface area contributed by atoms with E-state index in [0.29, 0.717) is 11.4 Å². The van der Waals surface area contributed by atoms with Gasteiger partial charge in [0.15, 0.2) is 0 Å². The Morgan fingerprint density at radius 1 is 1.09 bits per heavy atom. The average molecular weight is 326 g/mol. The number of nitrogens with two attached hydrogens (primary N) is 1. The van der Waals surface area contributed by atoms with Crippen molar-refractivity contribution in [1.29, 1.82) is 0 Å². The third-order valence-electron chi connectivity index (χ3n) is 4.04. The van der Waals surface area contributed by atoms with Crippen molar-refractivity contribution in [3.8, 4) is 0 Å². The number of para-hydroxylation sites is 1. The molecule has 0 saturated carbocycles. The van der Waals surface area contributed by atoms with Crippen LogP contribution in [0.1, 0.15) is 17.5 Å². The molecule has 5 heteroatoms. The summed E-state index contributed by atoms with van der Waals surface area (Å²) in [7, 11) is 0. The first kappa shape index (κ1) is 15.6. The number of rotatable bonds is 3. The summed E-state index contributed by atoms with van der Waals surface area (Å²) < 4.78 is 0. The standard InChI is InChI=1S/C18H18N2O2S/c1-11-7-8-13(9-12(11)2)20-17(21)10-16(18(20)22)23-15-6-4-3-5-14(15)19/h3-9,16H,10,19H2,1-2H3. The highest BCUT2D eigenvalue weighted by Gasteiger charge is 2.40. The number of benzene rings is 2. The van der Waals surface area contributed by atoms with E-state index in [1.807, 2.05) is 50.2 Å². The molecule has 118 valence electrons. The molecule has 0 spiro atoms. The number of aryl methyl sites for hydroxylation is 2. The maximum Gasteiger partial charge on any atom is 0.247 e. The van der Waals surface area contributed by atoms with Gasteiger partial charge >= 0.3 is 0 Å². The summed E-state index contributed by atoms with van der Waals surface area (Å²) in [5.41, 5.74) is 9.40. The first-order valence-electron chi connectivity index (χ1n) is 7.42. The van der Waals surface area contributed by atoms with Crippen LogP contribution in [0.15, 0.2) is 47.4 Å². The second-order valence-corrected chi connectivity index (χ2v) is 6.93. The third kappa shape index (κ3) is 2.97. The molecule has 0 aromatic heterocycles. The van der Waals surface area contributed by atoms with Gasteiger partial charge in [-0.25, -0.2) is 4.90 Å². The van der Waals surface area contributed by atoms with Gasteiger partial charge in [0.2, 0.25) is 11.8 Å². The fraction of sp³-hybridized carbons (Fsp3) is 0.222. The molecule has 3 rings (SSSR count). The smallest absolute Gasteiger partial charge is 0.247 e. The Morgan fingerprint density at radius 3 is 2.52 bits per heavy atom. The summed E-state index contributed by atoms with van der Waals surface area (Å²) in [6.45, 7) is 3.98. The van der Waals surface area contributed by atoms with E-state index in [1.54, 1.807) is 6.07 Å². The summed E-state index contributed by atoms with van der Waals surface area (Å²) >= 11 is 1.36. The first-order valence-corrected chi connectivity index (χ1v) is 8.30. The van der Waals surface area contributed by atoms with Gasteiger partial charge in [-0.05, 0) is 49.2 Å². The molecule has 2 amide bonds. The lowest BCUT2D eigenvalue weighted by Gasteiger charge is -2.16. The van der Waals surface area contributed by atoms with Crippen molar-refractivity contribution in [3.63, 3.8) is 0 Å². The van der Waals surface area contributed by atoms with E-state index >= 15 is 0 Å². The van der Waals surface area contributed by atoms with Crippen LogP contribution in [0.5, 0.6) is 0 Å². The SMILES string of the molecule is Cc1ccc(N2C(=O)CC(Sc3ccccc3N)C2=O)cc1C. The number of hydrogen-bond donors (Lipinski definition) is 1.